The molecular formula is C18H35N. The van der Waals surface area contributed by atoms with Crippen molar-refractivity contribution in [3.05, 3.63) is 0 Å². The van der Waals surface area contributed by atoms with Gasteiger partial charge < -0.3 is 5.32 Å². The van der Waals surface area contributed by atoms with Crippen molar-refractivity contribution >= 4 is 0 Å². The first-order chi connectivity index (χ1) is 9.28. The Morgan fingerprint density at radius 1 is 0.789 bits per heavy atom. The first-order valence-corrected chi connectivity index (χ1v) is 9.04. The third kappa shape index (κ3) is 5.45. The largest absolute Gasteiger partial charge is 0.311 e. The summed E-state index contributed by atoms with van der Waals surface area (Å²) in [5, 5.41) is 4.02. The van der Waals surface area contributed by atoms with E-state index in [4.69, 9.17) is 0 Å². The van der Waals surface area contributed by atoms with E-state index in [1.54, 1.807) is 0 Å². The van der Waals surface area contributed by atoms with E-state index in [0.29, 0.717) is 0 Å². The van der Waals surface area contributed by atoms with Gasteiger partial charge in [-0.1, -0.05) is 52.4 Å². The summed E-state index contributed by atoms with van der Waals surface area (Å²) in [6, 6.07) is 1.66. The topological polar surface area (TPSA) is 12.0 Å². The molecule has 2 aliphatic rings. The van der Waals surface area contributed by atoms with Crippen molar-refractivity contribution in [2.75, 3.05) is 0 Å². The fourth-order valence-electron chi connectivity index (χ4n) is 4.23. The molecule has 1 N–H and O–H groups in total. The minimum Gasteiger partial charge on any atom is -0.311 e. The highest BCUT2D eigenvalue weighted by Gasteiger charge is 2.22. The molecule has 0 aliphatic heterocycles. The predicted octanol–water partition coefficient (Wildman–Crippen LogP) is 5.29. The van der Waals surface area contributed by atoms with E-state index in [2.05, 4.69) is 19.2 Å². The van der Waals surface area contributed by atoms with Crippen LogP contribution in [-0.4, -0.2) is 12.1 Å². The van der Waals surface area contributed by atoms with Crippen LogP contribution in [0.25, 0.3) is 0 Å². The molecule has 1 heteroatoms. The van der Waals surface area contributed by atoms with E-state index in [1.807, 2.05) is 0 Å². The number of hydrogen-bond acceptors (Lipinski definition) is 1. The molecule has 4 unspecified atom stereocenters. The van der Waals surface area contributed by atoms with Crippen LogP contribution >= 0.6 is 0 Å². The van der Waals surface area contributed by atoms with Gasteiger partial charge in [-0.05, 0) is 50.4 Å². The van der Waals surface area contributed by atoms with E-state index in [0.717, 1.165) is 23.9 Å². The molecular weight excluding hydrogens is 230 g/mol. The average Bonchev–Trinajstić information content (AvgIpc) is 2.73. The lowest BCUT2D eigenvalue weighted by atomic mass is 9.95. The van der Waals surface area contributed by atoms with E-state index in [-0.39, 0.29) is 0 Å². The zero-order chi connectivity index (χ0) is 13.5. The van der Waals surface area contributed by atoms with Gasteiger partial charge in [-0.15, -0.1) is 0 Å². The second kappa shape index (κ2) is 8.29. The van der Waals surface area contributed by atoms with E-state index in [1.165, 1.54) is 77.0 Å². The van der Waals surface area contributed by atoms with Crippen LogP contribution in [0.4, 0.5) is 0 Å². The molecule has 0 saturated heterocycles. The number of hydrogen-bond donors (Lipinski definition) is 1. The number of nitrogens with one attached hydrogen (secondary N) is 1. The first-order valence-electron chi connectivity index (χ1n) is 9.04. The summed E-state index contributed by atoms with van der Waals surface area (Å²) in [5.74, 6) is 2.00. The molecule has 0 heterocycles. The summed E-state index contributed by atoms with van der Waals surface area (Å²) in [7, 11) is 0. The molecule has 2 saturated carbocycles. The molecule has 4 atom stereocenters. The summed E-state index contributed by atoms with van der Waals surface area (Å²) < 4.78 is 0. The number of rotatable bonds is 4. The second-order valence-electron chi connectivity index (χ2n) is 7.34. The summed E-state index contributed by atoms with van der Waals surface area (Å²) in [5.41, 5.74) is 0. The maximum absolute atomic E-state index is 4.02. The van der Waals surface area contributed by atoms with Gasteiger partial charge in [-0.2, -0.15) is 0 Å². The molecule has 2 fully saturated rings. The van der Waals surface area contributed by atoms with Crippen LogP contribution in [0, 0.1) is 11.8 Å². The van der Waals surface area contributed by atoms with Crippen LogP contribution < -0.4 is 5.32 Å². The molecule has 0 amide bonds. The molecule has 19 heavy (non-hydrogen) atoms. The fourth-order valence-corrected chi connectivity index (χ4v) is 4.23. The van der Waals surface area contributed by atoms with Crippen molar-refractivity contribution in [3.63, 3.8) is 0 Å². The maximum atomic E-state index is 4.02. The molecule has 0 aromatic carbocycles. The van der Waals surface area contributed by atoms with Crippen LogP contribution in [0.2, 0.25) is 0 Å². The molecule has 0 aromatic rings. The minimum atomic E-state index is 0.831. The van der Waals surface area contributed by atoms with Gasteiger partial charge >= 0.3 is 0 Å². The van der Waals surface area contributed by atoms with Crippen molar-refractivity contribution in [1.82, 2.24) is 5.32 Å². The second-order valence-corrected chi connectivity index (χ2v) is 7.34. The third-order valence-electron chi connectivity index (χ3n) is 5.51. The van der Waals surface area contributed by atoms with Crippen LogP contribution in [0.1, 0.15) is 90.9 Å². The molecule has 1 nitrogen and oxygen atoms in total. The van der Waals surface area contributed by atoms with Crippen molar-refractivity contribution in [3.8, 4) is 0 Å². The van der Waals surface area contributed by atoms with Crippen LogP contribution in [0.15, 0.2) is 0 Å². The quantitative estimate of drug-likeness (QED) is 0.681. The van der Waals surface area contributed by atoms with Crippen molar-refractivity contribution < 1.29 is 0 Å². The Labute approximate surface area is 120 Å². The highest BCUT2D eigenvalue weighted by Crippen LogP contribution is 2.28. The zero-order valence-corrected chi connectivity index (χ0v) is 13.3. The van der Waals surface area contributed by atoms with Crippen molar-refractivity contribution in [1.29, 1.82) is 0 Å². The molecule has 0 spiro atoms. The SMILES string of the molecule is CCCC1CCCC(NC2CCCC(C)CC2)CC1. The van der Waals surface area contributed by atoms with Crippen LogP contribution in [0.5, 0.6) is 0 Å². The van der Waals surface area contributed by atoms with Gasteiger partial charge in [0, 0.05) is 12.1 Å². The summed E-state index contributed by atoms with van der Waals surface area (Å²) in [6.45, 7) is 4.77. The van der Waals surface area contributed by atoms with Gasteiger partial charge in [-0.25, -0.2) is 0 Å². The summed E-state index contributed by atoms with van der Waals surface area (Å²) in [4.78, 5) is 0. The lowest BCUT2D eigenvalue weighted by molar-refractivity contribution is 0.356. The van der Waals surface area contributed by atoms with Gasteiger partial charge in [0.2, 0.25) is 0 Å². The summed E-state index contributed by atoms with van der Waals surface area (Å²) in [6.07, 6.45) is 17.4. The third-order valence-corrected chi connectivity index (χ3v) is 5.51. The Hall–Kier alpha value is -0.0400. The molecule has 112 valence electrons. The molecule has 0 aromatic heterocycles. The first kappa shape index (κ1) is 15.4. The minimum absolute atomic E-state index is 0.831. The van der Waals surface area contributed by atoms with Crippen LogP contribution in [-0.2, 0) is 0 Å². The smallest absolute Gasteiger partial charge is 0.00697 e. The van der Waals surface area contributed by atoms with Crippen molar-refractivity contribution in [2.45, 2.75) is 103 Å². The van der Waals surface area contributed by atoms with Gasteiger partial charge in [0.25, 0.3) is 0 Å². The maximum Gasteiger partial charge on any atom is 0.00697 e. The Morgan fingerprint density at radius 3 is 2.21 bits per heavy atom. The zero-order valence-electron chi connectivity index (χ0n) is 13.3. The normalized spacial score (nSPS) is 37.6. The van der Waals surface area contributed by atoms with Gasteiger partial charge in [0.15, 0.2) is 0 Å². The Balaban J connectivity index is 1.73. The fraction of sp³-hybridized carbons (Fsp3) is 1.00. The molecule has 2 aliphatic carbocycles. The van der Waals surface area contributed by atoms with E-state index < -0.39 is 0 Å². The van der Waals surface area contributed by atoms with Gasteiger partial charge in [-0.3, -0.25) is 0 Å². The molecule has 2 rings (SSSR count). The highest BCUT2D eigenvalue weighted by molar-refractivity contribution is 4.80. The van der Waals surface area contributed by atoms with E-state index in [9.17, 15) is 0 Å². The lowest BCUT2D eigenvalue weighted by Crippen LogP contribution is -2.37. The monoisotopic (exact) mass is 265 g/mol. The highest BCUT2D eigenvalue weighted by atomic mass is 14.9. The Bertz CT molecular complexity index is 238. The summed E-state index contributed by atoms with van der Waals surface area (Å²) >= 11 is 0. The Morgan fingerprint density at radius 2 is 1.47 bits per heavy atom. The van der Waals surface area contributed by atoms with Gasteiger partial charge in [0.1, 0.15) is 0 Å². The molecule has 0 radical (unpaired) electrons. The van der Waals surface area contributed by atoms with Crippen LogP contribution in [0.3, 0.4) is 0 Å². The Kier molecular flexibility index (Phi) is 6.70. The predicted molar refractivity (Wildman–Crippen MR) is 84.4 cm³/mol. The van der Waals surface area contributed by atoms with Gasteiger partial charge in [0.05, 0.1) is 0 Å². The average molecular weight is 265 g/mol. The molecule has 0 bridgehead atoms. The van der Waals surface area contributed by atoms with Crippen molar-refractivity contribution in [2.24, 2.45) is 11.8 Å². The lowest BCUT2D eigenvalue weighted by Gasteiger charge is -2.24. The van der Waals surface area contributed by atoms with E-state index >= 15 is 0 Å². The standard InChI is InChI=1S/C18H35N/c1-3-6-16-8-5-10-18(14-12-16)19-17-9-4-7-15(2)11-13-17/h15-19H,3-14H2,1-2H3.